The van der Waals surface area contributed by atoms with Gasteiger partial charge in [-0.1, -0.05) is 48.5 Å². The largest absolute Gasteiger partial charge is 0.488 e. The van der Waals surface area contributed by atoms with Crippen molar-refractivity contribution in [2.24, 2.45) is 0 Å². The Labute approximate surface area is 141 Å². The van der Waals surface area contributed by atoms with E-state index in [0.717, 1.165) is 12.3 Å². The molecule has 1 atom stereocenters. The number of rotatable bonds is 7. The average Bonchev–Trinajstić information content (AvgIpc) is 3.13. The molecular weight excluding hydrogens is 302 g/mol. The Hall–Kier alpha value is -2.10. The molecule has 2 aromatic carbocycles. The molecule has 0 fully saturated rings. The molecular formula is C20H21NOS. The van der Waals surface area contributed by atoms with E-state index < -0.39 is 0 Å². The van der Waals surface area contributed by atoms with Crippen LogP contribution in [-0.2, 0) is 13.2 Å². The highest BCUT2D eigenvalue weighted by molar-refractivity contribution is 7.09. The molecule has 1 heterocycles. The molecule has 0 aliphatic carbocycles. The van der Waals surface area contributed by atoms with Crippen LogP contribution in [0.15, 0.2) is 72.1 Å². The Morgan fingerprint density at radius 1 is 0.957 bits per heavy atom. The molecule has 118 valence electrons. The zero-order valence-corrected chi connectivity index (χ0v) is 14.1. The monoisotopic (exact) mass is 323 g/mol. The van der Waals surface area contributed by atoms with Crippen LogP contribution >= 0.6 is 11.3 Å². The summed E-state index contributed by atoms with van der Waals surface area (Å²) in [6.45, 7) is 3.68. The van der Waals surface area contributed by atoms with Crippen molar-refractivity contribution in [1.29, 1.82) is 0 Å². The van der Waals surface area contributed by atoms with Crippen LogP contribution in [0.1, 0.15) is 29.0 Å². The first kappa shape index (κ1) is 15.8. The predicted octanol–water partition coefficient (Wildman–Crippen LogP) is 5.18. The second kappa shape index (κ2) is 7.95. The van der Waals surface area contributed by atoms with Gasteiger partial charge in [-0.2, -0.15) is 0 Å². The van der Waals surface area contributed by atoms with Gasteiger partial charge in [0.05, 0.1) is 0 Å². The Morgan fingerprint density at radius 2 is 1.74 bits per heavy atom. The molecule has 0 amide bonds. The van der Waals surface area contributed by atoms with Gasteiger partial charge in [0.1, 0.15) is 12.4 Å². The van der Waals surface area contributed by atoms with Gasteiger partial charge in [0.15, 0.2) is 0 Å². The summed E-state index contributed by atoms with van der Waals surface area (Å²) in [5, 5.41) is 5.62. The molecule has 2 nitrogen and oxygen atoms in total. The van der Waals surface area contributed by atoms with Gasteiger partial charge in [0.2, 0.25) is 0 Å². The fraction of sp³-hybridized carbons (Fsp3) is 0.200. The first-order valence-electron chi connectivity index (χ1n) is 7.84. The van der Waals surface area contributed by atoms with Crippen molar-refractivity contribution in [1.82, 2.24) is 5.32 Å². The molecule has 3 rings (SSSR count). The molecule has 1 N–H and O–H groups in total. The fourth-order valence-corrected chi connectivity index (χ4v) is 3.00. The third kappa shape index (κ3) is 4.68. The second-order valence-electron chi connectivity index (χ2n) is 5.53. The van der Waals surface area contributed by atoms with Gasteiger partial charge in [-0.25, -0.2) is 0 Å². The smallest absolute Gasteiger partial charge is 0.122 e. The summed E-state index contributed by atoms with van der Waals surface area (Å²) in [7, 11) is 0. The van der Waals surface area contributed by atoms with E-state index in [9.17, 15) is 0 Å². The number of benzene rings is 2. The van der Waals surface area contributed by atoms with E-state index in [0.29, 0.717) is 12.6 Å². The number of hydrogen-bond acceptors (Lipinski definition) is 3. The molecule has 1 aromatic heterocycles. The van der Waals surface area contributed by atoms with Crippen molar-refractivity contribution < 1.29 is 4.74 Å². The van der Waals surface area contributed by atoms with E-state index in [4.69, 9.17) is 4.74 Å². The lowest BCUT2D eigenvalue weighted by molar-refractivity contribution is 0.309. The van der Waals surface area contributed by atoms with E-state index in [2.05, 4.69) is 60.1 Å². The number of ether oxygens (including phenoxy) is 1. The molecule has 23 heavy (non-hydrogen) atoms. The normalized spacial score (nSPS) is 12.0. The van der Waals surface area contributed by atoms with E-state index in [1.165, 1.54) is 16.0 Å². The molecule has 1 unspecified atom stereocenters. The lowest BCUT2D eigenvalue weighted by Gasteiger charge is -2.14. The fourth-order valence-electron chi connectivity index (χ4n) is 2.38. The highest BCUT2D eigenvalue weighted by Crippen LogP contribution is 2.17. The van der Waals surface area contributed by atoms with Crippen molar-refractivity contribution in [2.45, 2.75) is 26.1 Å². The van der Waals surface area contributed by atoms with Gasteiger partial charge in [-0.15, -0.1) is 11.3 Å². The SMILES string of the molecule is CC(NCc1ccc(OCc2cccs2)cc1)c1ccccc1. The molecule has 3 heteroatoms. The minimum atomic E-state index is 0.339. The maximum Gasteiger partial charge on any atom is 0.122 e. The number of hydrogen-bond donors (Lipinski definition) is 1. The maximum absolute atomic E-state index is 5.79. The van der Waals surface area contributed by atoms with Gasteiger partial charge in [0.25, 0.3) is 0 Å². The van der Waals surface area contributed by atoms with Gasteiger partial charge in [0, 0.05) is 17.5 Å². The van der Waals surface area contributed by atoms with E-state index in [1.807, 2.05) is 24.3 Å². The minimum absolute atomic E-state index is 0.339. The highest BCUT2D eigenvalue weighted by atomic mass is 32.1. The minimum Gasteiger partial charge on any atom is -0.488 e. The third-order valence-corrected chi connectivity index (χ3v) is 4.65. The van der Waals surface area contributed by atoms with Gasteiger partial charge in [-0.05, 0) is 41.6 Å². The summed E-state index contributed by atoms with van der Waals surface area (Å²) < 4.78 is 5.79. The third-order valence-electron chi connectivity index (χ3n) is 3.80. The first-order valence-corrected chi connectivity index (χ1v) is 8.72. The van der Waals surface area contributed by atoms with Crippen LogP contribution in [-0.4, -0.2) is 0 Å². The van der Waals surface area contributed by atoms with Crippen molar-refractivity contribution in [2.75, 3.05) is 0 Å². The molecule has 0 bridgehead atoms. The summed E-state index contributed by atoms with van der Waals surface area (Å²) in [5.41, 5.74) is 2.57. The number of thiophene rings is 1. The Balaban J connectivity index is 1.49. The van der Waals surface area contributed by atoms with Gasteiger partial charge in [-0.3, -0.25) is 0 Å². The molecule has 0 radical (unpaired) electrons. The quantitative estimate of drug-likeness (QED) is 0.647. The molecule has 0 spiro atoms. The van der Waals surface area contributed by atoms with Gasteiger partial charge >= 0.3 is 0 Å². The van der Waals surface area contributed by atoms with Crippen molar-refractivity contribution in [3.05, 3.63) is 88.1 Å². The Bertz CT molecular complexity index is 692. The van der Waals surface area contributed by atoms with Crippen LogP contribution in [0, 0.1) is 0 Å². The topological polar surface area (TPSA) is 21.3 Å². The average molecular weight is 323 g/mol. The highest BCUT2D eigenvalue weighted by Gasteiger charge is 2.04. The zero-order valence-electron chi connectivity index (χ0n) is 13.2. The molecule has 0 aliphatic heterocycles. The van der Waals surface area contributed by atoms with Crippen LogP contribution in [0.5, 0.6) is 5.75 Å². The predicted molar refractivity (Wildman–Crippen MR) is 96.8 cm³/mol. The number of nitrogens with one attached hydrogen (secondary N) is 1. The van der Waals surface area contributed by atoms with Gasteiger partial charge < -0.3 is 10.1 Å². The van der Waals surface area contributed by atoms with Crippen LogP contribution in [0.25, 0.3) is 0 Å². The summed E-state index contributed by atoms with van der Waals surface area (Å²) in [6.07, 6.45) is 0. The maximum atomic E-state index is 5.79. The standard InChI is InChI=1S/C20H21NOS/c1-16(18-6-3-2-4-7-18)21-14-17-9-11-19(12-10-17)22-15-20-8-5-13-23-20/h2-13,16,21H,14-15H2,1H3. The Kier molecular flexibility index (Phi) is 5.46. The van der Waals surface area contributed by atoms with E-state index in [-0.39, 0.29) is 0 Å². The summed E-state index contributed by atoms with van der Waals surface area (Å²) >= 11 is 1.72. The lowest BCUT2D eigenvalue weighted by Crippen LogP contribution is -2.17. The molecule has 0 saturated heterocycles. The summed E-state index contributed by atoms with van der Waals surface area (Å²) in [5.74, 6) is 0.915. The molecule has 0 saturated carbocycles. The summed E-state index contributed by atoms with van der Waals surface area (Å²) in [4.78, 5) is 1.24. The van der Waals surface area contributed by atoms with Crippen LogP contribution in [0.2, 0.25) is 0 Å². The first-order chi connectivity index (χ1) is 11.3. The van der Waals surface area contributed by atoms with E-state index in [1.54, 1.807) is 11.3 Å². The van der Waals surface area contributed by atoms with Crippen LogP contribution < -0.4 is 10.1 Å². The molecule has 0 aliphatic rings. The second-order valence-corrected chi connectivity index (χ2v) is 6.56. The van der Waals surface area contributed by atoms with Crippen LogP contribution in [0.3, 0.4) is 0 Å². The van der Waals surface area contributed by atoms with Crippen molar-refractivity contribution >= 4 is 11.3 Å². The zero-order chi connectivity index (χ0) is 15.9. The van der Waals surface area contributed by atoms with Crippen LogP contribution in [0.4, 0.5) is 0 Å². The van der Waals surface area contributed by atoms with Crippen molar-refractivity contribution in [3.63, 3.8) is 0 Å². The Morgan fingerprint density at radius 3 is 2.43 bits per heavy atom. The lowest BCUT2D eigenvalue weighted by atomic mass is 10.1. The summed E-state index contributed by atoms with van der Waals surface area (Å²) in [6, 6.07) is 23.3. The molecule has 3 aromatic rings. The van der Waals surface area contributed by atoms with Crippen molar-refractivity contribution in [3.8, 4) is 5.75 Å². The van der Waals surface area contributed by atoms with E-state index >= 15 is 0 Å².